The van der Waals surface area contributed by atoms with E-state index in [9.17, 15) is 10.1 Å². The van der Waals surface area contributed by atoms with E-state index < -0.39 is 0 Å². The summed E-state index contributed by atoms with van der Waals surface area (Å²) in [5, 5.41) is 10.8. The van der Waals surface area contributed by atoms with Crippen molar-refractivity contribution in [1.82, 2.24) is 4.57 Å². The van der Waals surface area contributed by atoms with E-state index in [1.165, 1.54) is 18.9 Å². The third kappa shape index (κ3) is 2.72. The standard InChI is InChI=1S/C15H17N3O2/c16-15(12-4-5-12)13-6-7-17(10-13)9-11-2-1-3-14(8-11)18(19)20/h1-3,6-8,10,12,15H,4-5,9,16H2. The van der Waals surface area contributed by atoms with Crippen molar-refractivity contribution >= 4 is 5.69 Å². The number of nitrogens with two attached hydrogens (primary N) is 1. The molecule has 1 saturated carbocycles. The lowest BCUT2D eigenvalue weighted by Gasteiger charge is -2.07. The number of hydrogen-bond acceptors (Lipinski definition) is 3. The predicted molar refractivity (Wildman–Crippen MR) is 76.3 cm³/mol. The second kappa shape index (κ2) is 5.09. The molecule has 20 heavy (non-hydrogen) atoms. The average Bonchev–Trinajstić information content (AvgIpc) is 3.19. The largest absolute Gasteiger partial charge is 0.350 e. The highest BCUT2D eigenvalue weighted by molar-refractivity contribution is 5.34. The lowest BCUT2D eigenvalue weighted by atomic mass is 10.1. The van der Waals surface area contributed by atoms with Crippen molar-refractivity contribution in [1.29, 1.82) is 0 Å². The van der Waals surface area contributed by atoms with Crippen LogP contribution in [0.1, 0.15) is 30.0 Å². The lowest BCUT2D eigenvalue weighted by molar-refractivity contribution is -0.384. The summed E-state index contributed by atoms with van der Waals surface area (Å²) in [4.78, 5) is 10.4. The predicted octanol–water partition coefficient (Wildman–Crippen LogP) is 2.85. The van der Waals surface area contributed by atoms with Crippen LogP contribution in [0.3, 0.4) is 0 Å². The van der Waals surface area contributed by atoms with Crippen LogP contribution >= 0.6 is 0 Å². The minimum absolute atomic E-state index is 0.126. The van der Waals surface area contributed by atoms with Gasteiger partial charge < -0.3 is 10.3 Å². The fraction of sp³-hybridized carbons (Fsp3) is 0.333. The Kier molecular flexibility index (Phi) is 3.28. The Morgan fingerprint density at radius 3 is 2.90 bits per heavy atom. The van der Waals surface area contributed by atoms with Gasteiger partial charge in [0.2, 0.25) is 0 Å². The molecule has 0 bridgehead atoms. The summed E-state index contributed by atoms with van der Waals surface area (Å²) in [6.07, 6.45) is 6.46. The summed E-state index contributed by atoms with van der Waals surface area (Å²) in [5.41, 5.74) is 8.37. The van der Waals surface area contributed by atoms with E-state index in [1.807, 2.05) is 29.1 Å². The van der Waals surface area contributed by atoms with Crippen molar-refractivity contribution in [2.75, 3.05) is 0 Å². The van der Waals surface area contributed by atoms with E-state index in [0.29, 0.717) is 12.5 Å². The first kappa shape index (κ1) is 12.9. The van der Waals surface area contributed by atoms with Gasteiger partial charge in [0, 0.05) is 37.1 Å². The molecule has 1 aliphatic carbocycles. The number of benzene rings is 1. The topological polar surface area (TPSA) is 74.1 Å². The SMILES string of the molecule is NC(c1ccn(Cc2cccc([N+](=O)[O-])c2)c1)C1CC1. The first-order chi connectivity index (χ1) is 9.63. The number of aromatic nitrogens is 1. The molecule has 2 aromatic rings. The average molecular weight is 271 g/mol. The molecule has 1 atom stereocenters. The molecule has 0 radical (unpaired) electrons. The highest BCUT2D eigenvalue weighted by Gasteiger charge is 2.29. The Hall–Kier alpha value is -2.14. The number of nitrogens with zero attached hydrogens (tertiary/aromatic N) is 2. The van der Waals surface area contributed by atoms with Crippen molar-refractivity contribution in [3.8, 4) is 0 Å². The molecule has 1 aromatic carbocycles. The van der Waals surface area contributed by atoms with Crippen LogP contribution in [-0.2, 0) is 6.54 Å². The quantitative estimate of drug-likeness (QED) is 0.671. The van der Waals surface area contributed by atoms with Crippen molar-refractivity contribution in [2.45, 2.75) is 25.4 Å². The molecular formula is C15H17N3O2. The van der Waals surface area contributed by atoms with Crippen LogP contribution < -0.4 is 5.73 Å². The normalized spacial score (nSPS) is 16.1. The molecular weight excluding hydrogens is 254 g/mol. The van der Waals surface area contributed by atoms with Crippen molar-refractivity contribution in [3.63, 3.8) is 0 Å². The molecule has 104 valence electrons. The molecule has 5 heteroatoms. The van der Waals surface area contributed by atoms with E-state index in [4.69, 9.17) is 5.73 Å². The summed E-state index contributed by atoms with van der Waals surface area (Å²) < 4.78 is 2.02. The summed E-state index contributed by atoms with van der Waals surface area (Å²) in [6, 6.07) is 8.90. The van der Waals surface area contributed by atoms with E-state index in [2.05, 4.69) is 0 Å². The van der Waals surface area contributed by atoms with Gasteiger partial charge in [0.1, 0.15) is 0 Å². The van der Waals surface area contributed by atoms with E-state index in [-0.39, 0.29) is 16.7 Å². The molecule has 5 nitrogen and oxygen atoms in total. The lowest BCUT2D eigenvalue weighted by Crippen LogP contribution is -2.11. The van der Waals surface area contributed by atoms with Gasteiger partial charge in [-0.3, -0.25) is 10.1 Å². The highest BCUT2D eigenvalue weighted by Crippen LogP contribution is 2.39. The maximum absolute atomic E-state index is 10.8. The number of rotatable bonds is 5. The zero-order valence-electron chi connectivity index (χ0n) is 11.1. The van der Waals surface area contributed by atoms with Crippen LogP contribution in [-0.4, -0.2) is 9.49 Å². The van der Waals surface area contributed by atoms with Gasteiger partial charge >= 0.3 is 0 Å². The molecule has 0 amide bonds. The Labute approximate surface area is 117 Å². The third-order valence-electron chi connectivity index (χ3n) is 3.77. The molecule has 0 spiro atoms. The Balaban J connectivity index is 1.74. The van der Waals surface area contributed by atoms with Gasteiger partial charge in [0.05, 0.1) is 4.92 Å². The monoisotopic (exact) mass is 271 g/mol. The van der Waals surface area contributed by atoms with E-state index in [1.54, 1.807) is 12.1 Å². The summed E-state index contributed by atoms with van der Waals surface area (Å²) in [7, 11) is 0. The van der Waals surface area contributed by atoms with Crippen LogP contribution in [0.5, 0.6) is 0 Å². The second-order valence-electron chi connectivity index (χ2n) is 5.41. The van der Waals surface area contributed by atoms with E-state index in [0.717, 1.165) is 11.1 Å². The van der Waals surface area contributed by atoms with Gasteiger partial charge in [-0.15, -0.1) is 0 Å². The number of non-ortho nitro benzene ring substituents is 1. The Bertz CT molecular complexity index is 632. The zero-order chi connectivity index (χ0) is 14.1. The summed E-state index contributed by atoms with van der Waals surface area (Å²) >= 11 is 0. The number of nitro groups is 1. The molecule has 0 aliphatic heterocycles. The number of hydrogen-bond donors (Lipinski definition) is 1. The fourth-order valence-corrected chi connectivity index (χ4v) is 2.46. The minimum Gasteiger partial charge on any atom is -0.350 e. The van der Waals surface area contributed by atoms with Gasteiger partial charge in [-0.25, -0.2) is 0 Å². The fourth-order valence-electron chi connectivity index (χ4n) is 2.46. The molecule has 1 aromatic heterocycles. The Morgan fingerprint density at radius 1 is 1.40 bits per heavy atom. The molecule has 1 heterocycles. The van der Waals surface area contributed by atoms with Crippen LogP contribution in [0.4, 0.5) is 5.69 Å². The van der Waals surface area contributed by atoms with Crippen LogP contribution in [0, 0.1) is 16.0 Å². The smallest absolute Gasteiger partial charge is 0.269 e. The van der Waals surface area contributed by atoms with Gasteiger partial charge in [0.15, 0.2) is 0 Å². The molecule has 0 saturated heterocycles. The summed E-state index contributed by atoms with van der Waals surface area (Å²) in [5.74, 6) is 0.628. The molecule has 3 rings (SSSR count). The van der Waals surface area contributed by atoms with Gasteiger partial charge in [-0.1, -0.05) is 12.1 Å². The van der Waals surface area contributed by atoms with Crippen molar-refractivity contribution in [2.24, 2.45) is 11.7 Å². The molecule has 1 unspecified atom stereocenters. The highest BCUT2D eigenvalue weighted by atomic mass is 16.6. The van der Waals surface area contributed by atoms with Crippen LogP contribution in [0.15, 0.2) is 42.7 Å². The van der Waals surface area contributed by atoms with Gasteiger partial charge in [-0.2, -0.15) is 0 Å². The maximum atomic E-state index is 10.8. The van der Waals surface area contributed by atoms with Gasteiger partial charge in [-0.05, 0) is 36.0 Å². The first-order valence-electron chi connectivity index (χ1n) is 6.78. The second-order valence-corrected chi connectivity index (χ2v) is 5.41. The third-order valence-corrected chi connectivity index (χ3v) is 3.77. The van der Waals surface area contributed by atoms with Crippen LogP contribution in [0.2, 0.25) is 0 Å². The number of nitro benzene ring substituents is 1. The molecule has 1 aliphatic rings. The molecule has 1 fully saturated rings. The van der Waals surface area contributed by atoms with E-state index >= 15 is 0 Å². The zero-order valence-corrected chi connectivity index (χ0v) is 11.1. The molecule has 2 N–H and O–H groups in total. The first-order valence-corrected chi connectivity index (χ1v) is 6.78. The van der Waals surface area contributed by atoms with Crippen LogP contribution in [0.25, 0.3) is 0 Å². The minimum atomic E-state index is -0.367. The summed E-state index contributed by atoms with van der Waals surface area (Å²) in [6.45, 7) is 0.624. The Morgan fingerprint density at radius 2 is 2.20 bits per heavy atom. The maximum Gasteiger partial charge on any atom is 0.269 e. The van der Waals surface area contributed by atoms with Gasteiger partial charge in [0.25, 0.3) is 5.69 Å². The van der Waals surface area contributed by atoms with Crippen molar-refractivity contribution < 1.29 is 4.92 Å². The van der Waals surface area contributed by atoms with Crippen molar-refractivity contribution in [3.05, 3.63) is 64.0 Å².